The van der Waals surface area contributed by atoms with Gasteiger partial charge in [-0.3, -0.25) is 9.67 Å². The molecule has 0 radical (unpaired) electrons. The lowest BCUT2D eigenvalue weighted by Gasteiger charge is -2.12. The highest BCUT2D eigenvalue weighted by molar-refractivity contribution is 5.32. The van der Waals surface area contributed by atoms with Crippen LogP contribution in [0.4, 0.5) is 0 Å². The van der Waals surface area contributed by atoms with E-state index >= 15 is 0 Å². The summed E-state index contributed by atoms with van der Waals surface area (Å²) in [4.78, 5) is 4.08. The van der Waals surface area contributed by atoms with Gasteiger partial charge in [-0.15, -0.1) is 0 Å². The first-order valence-corrected chi connectivity index (χ1v) is 5.90. The highest BCUT2D eigenvalue weighted by Crippen LogP contribution is 2.21. The summed E-state index contributed by atoms with van der Waals surface area (Å²) in [5.41, 5.74) is 9.52. The summed E-state index contributed by atoms with van der Waals surface area (Å²) >= 11 is 0. The van der Waals surface area contributed by atoms with Crippen LogP contribution in [-0.2, 0) is 6.54 Å². The smallest absolute Gasteiger partial charge is 0.0586 e. The fourth-order valence-corrected chi connectivity index (χ4v) is 1.90. The minimum Gasteiger partial charge on any atom is -0.320 e. The highest BCUT2D eigenvalue weighted by atomic mass is 15.3. The van der Waals surface area contributed by atoms with Gasteiger partial charge in [-0.25, -0.2) is 0 Å². The van der Waals surface area contributed by atoms with Crippen molar-refractivity contribution < 1.29 is 0 Å². The quantitative estimate of drug-likeness (QED) is 0.874. The molecule has 17 heavy (non-hydrogen) atoms. The van der Waals surface area contributed by atoms with Gasteiger partial charge < -0.3 is 5.73 Å². The molecule has 2 aromatic rings. The largest absolute Gasteiger partial charge is 0.320 e. The lowest BCUT2D eigenvalue weighted by Crippen LogP contribution is -2.12. The molecule has 0 bridgehead atoms. The van der Waals surface area contributed by atoms with E-state index in [4.69, 9.17) is 5.73 Å². The van der Waals surface area contributed by atoms with E-state index in [9.17, 15) is 0 Å². The van der Waals surface area contributed by atoms with Crippen LogP contribution in [0.1, 0.15) is 36.1 Å². The second-order valence-electron chi connectivity index (χ2n) is 4.25. The fraction of sp³-hybridized carbons (Fsp3) is 0.385. The molecule has 90 valence electrons. The summed E-state index contributed by atoms with van der Waals surface area (Å²) in [5, 5.41) is 4.30. The number of aryl methyl sites for hydroxylation is 2. The second-order valence-corrected chi connectivity index (χ2v) is 4.25. The van der Waals surface area contributed by atoms with Crippen LogP contribution in [0, 0.1) is 6.92 Å². The number of nitrogens with zero attached hydrogens (tertiary/aromatic N) is 3. The minimum atomic E-state index is -0.122. The first-order valence-electron chi connectivity index (χ1n) is 5.90. The Labute approximate surface area is 101 Å². The van der Waals surface area contributed by atoms with Crippen LogP contribution in [0.25, 0.3) is 0 Å². The molecule has 1 atom stereocenters. The van der Waals surface area contributed by atoms with Gasteiger partial charge in [0.2, 0.25) is 0 Å². The Morgan fingerprint density at radius 1 is 1.41 bits per heavy atom. The van der Waals surface area contributed by atoms with Crippen molar-refractivity contribution in [2.45, 2.75) is 32.9 Å². The van der Waals surface area contributed by atoms with E-state index in [2.05, 4.69) is 17.0 Å². The molecule has 1 unspecified atom stereocenters. The maximum Gasteiger partial charge on any atom is 0.0586 e. The third-order valence-corrected chi connectivity index (χ3v) is 2.86. The lowest BCUT2D eigenvalue weighted by molar-refractivity contribution is 0.602. The average molecular weight is 230 g/mol. The Kier molecular flexibility index (Phi) is 3.54. The van der Waals surface area contributed by atoms with Gasteiger partial charge in [0.25, 0.3) is 0 Å². The predicted octanol–water partition coefficient (Wildman–Crippen LogP) is 2.04. The molecule has 2 rings (SSSR count). The summed E-state index contributed by atoms with van der Waals surface area (Å²) in [7, 11) is 0. The standard InChI is InChI=1S/C13H18N4/c1-3-6-17-9-11(8-16-17)13(14)12-4-5-15-7-10(12)2/h4-5,7-9,13H,3,6,14H2,1-2H3. The van der Waals surface area contributed by atoms with Crippen molar-refractivity contribution in [3.05, 3.63) is 47.5 Å². The highest BCUT2D eigenvalue weighted by Gasteiger charge is 2.13. The van der Waals surface area contributed by atoms with Crippen molar-refractivity contribution in [1.29, 1.82) is 0 Å². The number of hydrogen-bond donors (Lipinski definition) is 1. The molecular formula is C13H18N4. The molecule has 0 aliphatic rings. The van der Waals surface area contributed by atoms with Crippen LogP contribution < -0.4 is 5.73 Å². The fourth-order valence-electron chi connectivity index (χ4n) is 1.90. The van der Waals surface area contributed by atoms with Crippen LogP contribution in [0.2, 0.25) is 0 Å². The summed E-state index contributed by atoms with van der Waals surface area (Å²) in [5.74, 6) is 0. The SMILES string of the molecule is CCCn1cc(C(N)c2ccncc2C)cn1. The summed E-state index contributed by atoms with van der Waals surface area (Å²) < 4.78 is 1.94. The van der Waals surface area contributed by atoms with Crippen molar-refractivity contribution in [2.75, 3.05) is 0 Å². The van der Waals surface area contributed by atoms with E-state index in [0.29, 0.717) is 0 Å². The van der Waals surface area contributed by atoms with E-state index in [0.717, 1.165) is 29.7 Å². The van der Waals surface area contributed by atoms with Crippen LogP contribution in [-0.4, -0.2) is 14.8 Å². The van der Waals surface area contributed by atoms with Gasteiger partial charge in [-0.1, -0.05) is 6.92 Å². The molecular weight excluding hydrogens is 212 g/mol. The number of pyridine rings is 1. The molecule has 4 heteroatoms. The number of nitrogens with two attached hydrogens (primary N) is 1. The Bertz CT molecular complexity index is 490. The van der Waals surface area contributed by atoms with Crippen LogP contribution in [0.5, 0.6) is 0 Å². The van der Waals surface area contributed by atoms with Gasteiger partial charge >= 0.3 is 0 Å². The second kappa shape index (κ2) is 5.10. The number of hydrogen-bond acceptors (Lipinski definition) is 3. The zero-order chi connectivity index (χ0) is 12.3. The summed E-state index contributed by atoms with van der Waals surface area (Å²) in [6.07, 6.45) is 8.56. The van der Waals surface area contributed by atoms with Crippen LogP contribution in [0.3, 0.4) is 0 Å². The van der Waals surface area contributed by atoms with Crippen molar-refractivity contribution in [1.82, 2.24) is 14.8 Å². The maximum atomic E-state index is 6.25. The van der Waals surface area contributed by atoms with E-state index in [1.54, 1.807) is 6.20 Å². The molecule has 2 aromatic heterocycles. The Hall–Kier alpha value is -1.68. The number of rotatable bonds is 4. The Balaban J connectivity index is 2.24. The lowest BCUT2D eigenvalue weighted by atomic mass is 10.00. The van der Waals surface area contributed by atoms with Gasteiger partial charge in [0, 0.05) is 30.7 Å². The summed E-state index contributed by atoms with van der Waals surface area (Å²) in [6.45, 7) is 5.09. The first kappa shape index (κ1) is 11.8. The molecule has 2 heterocycles. The number of aromatic nitrogens is 3. The third kappa shape index (κ3) is 2.53. The normalized spacial score (nSPS) is 12.6. The van der Waals surface area contributed by atoms with E-state index in [1.165, 1.54) is 0 Å². The molecule has 0 amide bonds. The summed E-state index contributed by atoms with van der Waals surface area (Å²) in [6, 6.07) is 1.85. The van der Waals surface area contributed by atoms with Gasteiger partial charge in [0.1, 0.15) is 0 Å². The molecule has 0 saturated carbocycles. The van der Waals surface area contributed by atoms with Crippen molar-refractivity contribution >= 4 is 0 Å². The molecule has 0 aromatic carbocycles. The zero-order valence-corrected chi connectivity index (χ0v) is 10.3. The molecule has 0 spiro atoms. The Morgan fingerprint density at radius 3 is 2.94 bits per heavy atom. The van der Waals surface area contributed by atoms with E-state index in [1.807, 2.05) is 36.3 Å². The van der Waals surface area contributed by atoms with Crippen molar-refractivity contribution in [3.63, 3.8) is 0 Å². The topological polar surface area (TPSA) is 56.7 Å². The molecule has 2 N–H and O–H groups in total. The van der Waals surface area contributed by atoms with Crippen molar-refractivity contribution in [2.24, 2.45) is 5.73 Å². The molecule has 0 aliphatic heterocycles. The van der Waals surface area contributed by atoms with Gasteiger partial charge in [-0.2, -0.15) is 5.10 Å². The first-order chi connectivity index (χ1) is 8.22. The third-order valence-electron chi connectivity index (χ3n) is 2.86. The van der Waals surface area contributed by atoms with Gasteiger partial charge in [0.15, 0.2) is 0 Å². The monoisotopic (exact) mass is 230 g/mol. The molecule has 0 fully saturated rings. The zero-order valence-electron chi connectivity index (χ0n) is 10.3. The molecule has 0 aliphatic carbocycles. The minimum absolute atomic E-state index is 0.122. The molecule has 4 nitrogen and oxygen atoms in total. The molecule has 0 saturated heterocycles. The predicted molar refractivity (Wildman–Crippen MR) is 67.5 cm³/mol. The van der Waals surface area contributed by atoms with Crippen LogP contribution >= 0.6 is 0 Å². The van der Waals surface area contributed by atoms with Gasteiger partial charge in [-0.05, 0) is 30.5 Å². The Morgan fingerprint density at radius 2 is 2.24 bits per heavy atom. The maximum absolute atomic E-state index is 6.25. The van der Waals surface area contributed by atoms with Crippen LogP contribution in [0.15, 0.2) is 30.9 Å². The van der Waals surface area contributed by atoms with E-state index in [-0.39, 0.29) is 6.04 Å². The van der Waals surface area contributed by atoms with E-state index < -0.39 is 0 Å². The van der Waals surface area contributed by atoms with Crippen molar-refractivity contribution in [3.8, 4) is 0 Å². The average Bonchev–Trinajstić information content (AvgIpc) is 2.78. The van der Waals surface area contributed by atoms with Gasteiger partial charge in [0.05, 0.1) is 12.2 Å².